The molecule has 3 unspecified atom stereocenters. The van der Waals surface area contributed by atoms with Gasteiger partial charge in [0.2, 0.25) is 0 Å². The van der Waals surface area contributed by atoms with Gasteiger partial charge in [0.25, 0.3) is 0 Å². The smallest absolute Gasteiger partial charge is 0.0986 e. The highest BCUT2D eigenvalue weighted by Crippen LogP contribution is 2.31. The third-order valence-electron chi connectivity index (χ3n) is 4.46. The van der Waals surface area contributed by atoms with E-state index in [4.69, 9.17) is 0 Å². The van der Waals surface area contributed by atoms with Gasteiger partial charge in [-0.3, -0.25) is 5.32 Å². The van der Waals surface area contributed by atoms with Crippen LogP contribution < -0.4 is 5.32 Å². The van der Waals surface area contributed by atoms with Crippen molar-refractivity contribution in [2.45, 2.75) is 70.9 Å². The molecule has 0 saturated heterocycles. The summed E-state index contributed by atoms with van der Waals surface area (Å²) in [6, 6.07) is 3.16. The average molecular weight is 246 g/mol. The fraction of sp³-hybridized carbons (Fsp3) is 0.812. The van der Waals surface area contributed by atoms with Gasteiger partial charge >= 0.3 is 0 Å². The fourth-order valence-corrected chi connectivity index (χ4v) is 3.65. The van der Waals surface area contributed by atoms with Crippen molar-refractivity contribution in [3.63, 3.8) is 0 Å². The lowest BCUT2D eigenvalue weighted by atomic mass is 9.79. The SMILES string of the molecule is CC1=CC(C)CC(C(C#N)NC2CCCCC2)C1. The molecule has 2 nitrogen and oxygen atoms in total. The van der Waals surface area contributed by atoms with Crippen molar-refractivity contribution in [2.24, 2.45) is 11.8 Å². The second-order valence-electron chi connectivity index (χ2n) is 6.30. The van der Waals surface area contributed by atoms with E-state index < -0.39 is 0 Å². The Bertz CT molecular complexity index is 333. The predicted octanol–water partition coefficient (Wildman–Crippen LogP) is 3.79. The first kappa shape index (κ1) is 13.6. The van der Waals surface area contributed by atoms with Gasteiger partial charge in [-0.1, -0.05) is 37.8 Å². The Labute approximate surface area is 111 Å². The van der Waals surface area contributed by atoms with E-state index in [1.54, 1.807) is 0 Å². The Morgan fingerprint density at radius 2 is 2.06 bits per heavy atom. The van der Waals surface area contributed by atoms with Gasteiger partial charge in [0, 0.05) is 6.04 Å². The maximum Gasteiger partial charge on any atom is 0.0986 e. The van der Waals surface area contributed by atoms with Gasteiger partial charge in [0.1, 0.15) is 0 Å². The van der Waals surface area contributed by atoms with Crippen molar-refractivity contribution in [1.82, 2.24) is 5.32 Å². The molecule has 100 valence electrons. The monoisotopic (exact) mass is 246 g/mol. The Morgan fingerprint density at radius 1 is 1.33 bits per heavy atom. The van der Waals surface area contributed by atoms with Crippen LogP contribution in [0, 0.1) is 23.2 Å². The molecule has 3 atom stereocenters. The molecule has 1 N–H and O–H groups in total. The van der Waals surface area contributed by atoms with E-state index in [0.717, 1.165) is 12.8 Å². The molecule has 2 rings (SSSR count). The number of nitrogens with one attached hydrogen (secondary N) is 1. The minimum Gasteiger partial charge on any atom is -0.299 e. The number of nitriles is 1. The van der Waals surface area contributed by atoms with E-state index in [-0.39, 0.29) is 6.04 Å². The van der Waals surface area contributed by atoms with Crippen LogP contribution in [0.3, 0.4) is 0 Å². The zero-order valence-electron chi connectivity index (χ0n) is 11.8. The molecule has 0 bridgehead atoms. The van der Waals surface area contributed by atoms with Gasteiger partial charge in [-0.05, 0) is 44.4 Å². The quantitative estimate of drug-likeness (QED) is 0.769. The molecule has 18 heavy (non-hydrogen) atoms. The van der Waals surface area contributed by atoms with Crippen LogP contribution >= 0.6 is 0 Å². The van der Waals surface area contributed by atoms with E-state index in [0.29, 0.717) is 17.9 Å². The summed E-state index contributed by atoms with van der Waals surface area (Å²) in [5.41, 5.74) is 1.46. The Kier molecular flexibility index (Phi) is 4.83. The Morgan fingerprint density at radius 3 is 2.67 bits per heavy atom. The Hall–Kier alpha value is -0.810. The van der Waals surface area contributed by atoms with E-state index in [1.807, 2.05) is 0 Å². The summed E-state index contributed by atoms with van der Waals surface area (Å²) in [7, 11) is 0. The molecule has 0 aliphatic heterocycles. The lowest BCUT2D eigenvalue weighted by Crippen LogP contribution is -2.44. The van der Waals surface area contributed by atoms with Crippen molar-refractivity contribution in [3.05, 3.63) is 11.6 Å². The van der Waals surface area contributed by atoms with Crippen LogP contribution in [-0.2, 0) is 0 Å². The summed E-state index contributed by atoms with van der Waals surface area (Å²) in [6.07, 6.45) is 11.2. The molecule has 0 spiro atoms. The molecule has 0 amide bonds. The second kappa shape index (κ2) is 6.38. The van der Waals surface area contributed by atoms with Crippen LogP contribution in [0.25, 0.3) is 0 Å². The Balaban J connectivity index is 1.92. The maximum absolute atomic E-state index is 9.45. The van der Waals surface area contributed by atoms with Crippen molar-refractivity contribution in [2.75, 3.05) is 0 Å². The van der Waals surface area contributed by atoms with Crippen LogP contribution in [-0.4, -0.2) is 12.1 Å². The molecule has 0 heterocycles. The molecular weight excluding hydrogens is 220 g/mol. The first-order chi connectivity index (χ1) is 8.69. The molecule has 0 aromatic heterocycles. The van der Waals surface area contributed by atoms with Crippen LogP contribution in [0.4, 0.5) is 0 Å². The van der Waals surface area contributed by atoms with Gasteiger partial charge in [0.05, 0.1) is 12.1 Å². The van der Waals surface area contributed by atoms with Gasteiger partial charge in [-0.25, -0.2) is 0 Å². The number of nitrogens with zero attached hydrogens (tertiary/aromatic N) is 1. The minimum atomic E-state index is 0.0548. The van der Waals surface area contributed by atoms with Crippen LogP contribution in [0.15, 0.2) is 11.6 Å². The third kappa shape index (κ3) is 3.59. The zero-order valence-corrected chi connectivity index (χ0v) is 11.8. The van der Waals surface area contributed by atoms with Crippen molar-refractivity contribution in [1.29, 1.82) is 5.26 Å². The summed E-state index contributed by atoms with van der Waals surface area (Å²) in [4.78, 5) is 0. The van der Waals surface area contributed by atoms with Gasteiger partial charge in [-0.15, -0.1) is 0 Å². The predicted molar refractivity (Wildman–Crippen MR) is 75.1 cm³/mol. The molecule has 2 aliphatic rings. The molecule has 2 aliphatic carbocycles. The van der Waals surface area contributed by atoms with E-state index in [2.05, 4.69) is 31.3 Å². The minimum absolute atomic E-state index is 0.0548. The molecule has 0 aromatic rings. The molecule has 0 aromatic carbocycles. The standard InChI is InChI=1S/C16H26N2/c1-12-8-13(2)10-14(9-12)16(11-17)18-15-6-4-3-5-7-15/h8,12,14-16,18H,3-7,9-10H2,1-2H3. The maximum atomic E-state index is 9.45. The highest BCUT2D eigenvalue weighted by atomic mass is 15.0. The number of rotatable bonds is 3. The first-order valence-corrected chi connectivity index (χ1v) is 7.52. The van der Waals surface area contributed by atoms with Crippen LogP contribution in [0.5, 0.6) is 0 Å². The molecule has 0 radical (unpaired) electrons. The van der Waals surface area contributed by atoms with Gasteiger partial charge in [-0.2, -0.15) is 5.26 Å². The highest BCUT2D eigenvalue weighted by Gasteiger charge is 2.28. The first-order valence-electron chi connectivity index (χ1n) is 7.52. The summed E-state index contributed by atoms with van der Waals surface area (Å²) < 4.78 is 0. The molecule has 1 saturated carbocycles. The number of hydrogen-bond acceptors (Lipinski definition) is 2. The molecule has 1 fully saturated rings. The largest absolute Gasteiger partial charge is 0.299 e. The zero-order chi connectivity index (χ0) is 13.0. The van der Waals surface area contributed by atoms with E-state index in [9.17, 15) is 5.26 Å². The number of hydrogen-bond donors (Lipinski definition) is 1. The van der Waals surface area contributed by atoms with Crippen LogP contribution in [0.2, 0.25) is 0 Å². The van der Waals surface area contributed by atoms with E-state index >= 15 is 0 Å². The lowest BCUT2D eigenvalue weighted by Gasteiger charge is -2.33. The highest BCUT2D eigenvalue weighted by molar-refractivity contribution is 5.11. The average Bonchev–Trinajstić information content (AvgIpc) is 2.36. The third-order valence-corrected chi connectivity index (χ3v) is 4.46. The normalized spacial score (nSPS) is 31.5. The van der Waals surface area contributed by atoms with Gasteiger partial charge < -0.3 is 0 Å². The van der Waals surface area contributed by atoms with Gasteiger partial charge in [0.15, 0.2) is 0 Å². The van der Waals surface area contributed by atoms with Crippen molar-refractivity contribution < 1.29 is 0 Å². The van der Waals surface area contributed by atoms with E-state index in [1.165, 1.54) is 37.7 Å². The molecule has 2 heteroatoms. The summed E-state index contributed by atoms with van der Waals surface area (Å²) in [5.74, 6) is 1.14. The number of allylic oxidation sites excluding steroid dienone is 2. The molecular formula is C16H26N2. The van der Waals surface area contributed by atoms with Crippen molar-refractivity contribution >= 4 is 0 Å². The van der Waals surface area contributed by atoms with Crippen LogP contribution in [0.1, 0.15) is 58.8 Å². The summed E-state index contributed by atoms with van der Waals surface area (Å²) in [6.45, 7) is 4.47. The summed E-state index contributed by atoms with van der Waals surface area (Å²) in [5, 5.41) is 13.1. The lowest BCUT2D eigenvalue weighted by molar-refractivity contribution is 0.283. The second-order valence-corrected chi connectivity index (χ2v) is 6.30. The van der Waals surface area contributed by atoms with Crippen molar-refractivity contribution in [3.8, 4) is 6.07 Å². The topological polar surface area (TPSA) is 35.8 Å². The summed E-state index contributed by atoms with van der Waals surface area (Å²) >= 11 is 0. The fourth-order valence-electron chi connectivity index (χ4n) is 3.65.